The summed E-state index contributed by atoms with van der Waals surface area (Å²) in [4.78, 5) is 0. The molecule has 4 aromatic carbocycles. The molecule has 1 aliphatic rings. The molecule has 42 heavy (non-hydrogen) atoms. The van der Waals surface area contributed by atoms with Gasteiger partial charge in [-0.3, -0.25) is 0 Å². The minimum Gasteiger partial charge on any atom is -1.00 e. The molecule has 3 heteroatoms. The average Bonchev–Trinajstić information content (AvgIpc) is 3.50. The predicted octanol–water partition coefficient (Wildman–Crippen LogP) is 5.19. The molecule has 0 unspecified atom stereocenters. The zero-order valence-corrected chi connectivity index (χ0v) is 32.6. The van der Waals surface area contributed by atoms with E-state index in [0.717, 1.165) is 6.42 Å². The molecule has 0 heterocycles. The Hall–Kier alpha value is -1.67. The summed E-state index contributed by atoms with van der Waals surface area (Å²) in [7, 11) is 0. The first kappa shape index (κ1) is 38.4. The molecule has 4 aromatic rings. The molecule has 0 atom stereocenters. The Morgan fingerprint density at radius 3 is 1.52 bits per heavy atom. The van der Waals surface area contributed by atoms with Crippen LogP contribution in [0.1, 0.15) is 105 Å². The van der Waals surface area contributed by atoms with Gasteiger partial charge < -0.3 is 24.8 Å². The Labute approximate surface area is 283 Å². The minimum atomic E-state index is 0. The summed E-state index contributed by atoms with van der Waals surface area (Å²) >= 11 is 1.27. The smallest absolute Gasteiger partial charge is 1.00 e. The topological polar surface area (TPSA) is 0 Å². The van der Waals surface area contributed by atoms with Crippen molar-refractivity contribution in [3.05, 3.63) is 107 Å². The number of benzene rings is 3. The monoisotopic (exact) mass is 766 g/mol. The normalized spacial score (nSPS) is 12.8. The molecule has 0 saturated carbocycles. The zero-order valence-electron chi connectivity index (χ0n) is 27.5. The van der Waals surface area contributed by atoms with Crippen molar-refractivity contribution in [3.63, 3.8) is 0 Å². The number of hydrogen-bond donors (Lipinski definition) is 0. The van der Waals surface area contributed by atoms with Crippen molar-refractivity contribution in [1.29, 1.82) is 0 Å². The first-order valence-electron chi connectivity index (χ1n) is 14.5. The van der Waals surface area contributed by atoms with Gasteiger partial charge in [-0.2, -0.15) is 17.7 Å². The molecule has 5 rings (SSSR count). The second-order valence-corrected chi connectivity index (χ2v) is 17.8. The molecule has 0 amide bonds. The molecule has 0 radical (unpaired) electrons. The summed E-state index contributed by atoms with van der Waals surface area (Å²) in [5.74, 6) is 0. The van der Waals surface area contributed by atoms with Gasteiger partial charge in [0.2, 0.25) is 0 Å². The van der Waals surface area contributed by atoms with E-state index >= 15 is 0 Å². The third-order valence-corrected chi connectivity index (χ3v) is 7.16. The maximum atomic E-state index is 3.39. The van der Waals surface area contributed by atoms with Crippen LogP contribution in [0.4, 0.5) is 0 Å². The largest absolute Gasteiger partial charge is 1.00 e. The van der Waals surface area contributed by atoms with E-state index in [-0.39, 0.29) is 41.1 Å². The molecule has 0 aromatic heterocycles. The van der Waals surface area contributed by atoms with Crippen molar-refractivity contribution in [1.82, 2.24) is 0 Å². The van der Waals surface area contributed by atoms with Crippen LogP contribution in [0.25, 0.3) is 27.1 Å². The quantitative estimate of drug-likeness (QED) is 0.185. The van der Waals surface area contributed by atoms with Crippen molar-refractivity contribution < 1.29 is 48.7 Å². The van der Waals surface area contributed by atoms with Crippen molar-refractivity contribution in [2.24, 2.45) is 0 Å². The van der Waals surface area contributed by atoms with Gasteiger partial charge in [-0.05, 0) is 16.2 Å². The second kappa shape index (κ2) is 15.4. The Bertz CT molecular complexity index is 1470. The van der Waals surface area contributed by atoms with Crippen molar-refractivity contribution in [2.45, 2.75) is 98.8 Å². The van der Waals surface area contributed by atoms with E-state index in [1.807, 2.05) is 0 Å². The molecule has 0 fully saturated rings. The van der Waals surface area contributed by atoms with Gasteiger partial charge in [0.05, 0.1) is 0 Å². The standard InChI is InChI=1S/C21H25.C15H17.C3H6.2ClH.Hf/c1-20(2,3)16-7-9-18-14(12-16)11-15-13-17(21(4,5)6)8-10-19(15)18;1-15(2,3)14-11-7-6-10-13(14)12-8-4-5-9-12;1-3-2;;;/h7-13H,1-6H3;4,6-8,10-11H,5H2,1-3H3;1-2H3;2*1H;/q2*-1;;;;+2/p-2. The van der Waals surface area contributed by atoms with Crippen LogP contribution in [-0.4, -0.2) is 3.26 Å². The van der Waals surface area contributed by atoms with Crippen LogP contribution in [0.15, 0.2) is 78.9 Å². The van der Waals surface area contributed by atoms with Gasteiger partial charge >= 0.3 is 41.0 Å². The first-order valence-corrected chi connectivity index (χ1v) is 16.3. The van der Waals surface area contributed by atoms with Gasteiger partial charge in [-0.1, -0.05) is 128 Å². The number of hydrogen-bond acceptors (Lipinski definition) is 0. The van der Waals surface area contributed by atoms with E-state index < -0.39 is 0 Å². The van der Waals surface area contributed by atoms with Crippen LogP contribution in [0.5, 0.6) is 0 Å². The maximum absolute atomic E-state index is 3.39. The van der Waals surface area contributed by atoms with Crippen LogP contribution in [0.3, 0.4) is 0 Å². The third-order valence-electron chi connectivity index (χ3n) is 7.16. The molecule has 224 valence electrons. The molecular formula is C39H48Cl2Hf-2. The van der Waals surface area contributed by atoms with Crippen LogP contribution < -0.4 is 24.8 Å². The minimum absolute atomic E-state index is 0. The van der Waals surface area contributed by atoms with E-state index in [2.05, 4.69) is 161 Å². The fourth-order valence-electron chi connectivity index (χ4n) is 4.92. The first-order chi connectivity index (χ1) is 18.5. The van der Waals surface area contributed by atoms with Crippen LogP contribution in [-0.2, 0) is 40.1 Å². The van der Waals surface area contributed by atoms with Gasteiger partial charge in [-0.25, -0.2) is 0 Å². The summed E-state index contributed by atoms with van der Waals surface area (Å²) in [6.45, 7) is 24.7. The summed E-state index contributed by atoms with van der Waals surface area (Å²) in [5, 5.41) is 5.48. The van der Waals surface area contributed by atoms with Crippen molar-refractivity contribution in [3.8, 4) is 0 Å². The second-order valence-electron chi connectivity index (χ2n) is 14.2. The average molecular weight is 766 g/mol. The van der Waals surface area contributed by atoms with E-state index in [9.17, 15) is 0 Å². The molecular weight excluding hydrogens is 718 g/mol. The number of allylic oxidation sites excluding steroid dienone is 4. The van der Waals surface area contributed by atoms with Gasteiger partial charge in [0, 0.05) is 0 Å². The molecule has 1 aliphatic carbocycles. The Morgan fingerprint density at radius 1 is 0.690 bits per heavy atom. The summed E-state index contributed by atoms with van der Waals surface area (Å²) in [6, 6.07) is 24.8. The van der Waals surface area contributed by atoms with Crippen LogP contribution in [0.2, 0.25) is 0 Å². The van der Waals surface area contributed by atoms with E-state index in [4.69, 9.17) is 0 Å². The summed E-state index contributed by atoms with van der Waals surface area (Å²) < 4.78 is 1.56. The molecule has 0 N–H and O–H groups in total. The van der Waals surface area contributed by atoms with Crippen LogP contribution >= 0.6 is 0 Å². The number of halogens is 2. The fourth-order valence-corrected chi connectivity index (χ4v) is 4.92. The summed E-state index contributed by atoms with van der Waals surface area (Å²) in [5.41, 5.74) is 7.39. The van der Waals surface area contributed by atoms with E-state index in [1.165, 1.54) is 73.3 Å². The molecule has 0 saturated heterocycles. The fraction of sp³-hybridized carbons (Fsp3) is 0.385. The molecule has 0 spiro atoms. The van der Waals surface area contributed by atoms with Gasteiger partial charge in [0.15, 0.2) is 0 Å². The van der Waals surface area contributed by atoms with Crippen molar-refractivity contribution in [2.75, 3.05) is 0 Å². The Balaban J connectivity index is 0.000000371. The van der Waals surface area contributed by atoms with Gasteiger partial charge in [0.25, 0.3) is 0 Å². The van der Waals surface area contributed by atoms with E-state index in [0.29, 0.717) is 0 Å². The zero-order chi connectivity index (χ0) is 29.9. The Kier molecular flexibility index (Phi) is 14.0. The SMILES string of the molecule is CC(C)(C)c1ccc2c(c1)[cH-]c1cc(C(C)(C)C)ccc12.CC(C)(C)c1ccccc1C1=[C-]CC=C1.C[C](C)=[Hf+2].[Cl-].[Cl-]. The van der Waals surface area contributed by atoms with Gasteiger partial charge in [0.1, 0.15) is 0 Å². The van der Waals surface area contributed by atoms with Gasteiger partial charge in [-0.15, -0.1) is 57.4 Å². The van der Waals surface area contributed by atoms with Crippen molar-refractivity contribution >= 4 is 30.4 Å². The molecule has 0 aliphatic heterocycles. The molecule has 0 nitrogen and oxygen atoms in total. The van der Waals surface area contributed by atoms with Crippen LogP contribution in [0, 0.1) is 6.08 Å². The summed E-state index contributed by atoms with van der Waals surface area (Å²) in [6.07, 6.45) is 8.68. The predicted molar refractivity (Wildman–Crippen MR) is 176 cm³/mol. The van der Waals surface area contributed by atoms with E-state index in [1.54, 1.807) is 3.26 Å². The third kappa shape index (κ3) is 10.2. The molecule has 0 bridgehead atoms. The Morgan fingerprint density at radius 2 is 1.14 bits per heavy atom. The number of rotatable bonds is 1. The number of fused-ring (bicyclic) bond motifs is 3. The maximum Gasteiger partial charge on any atom is -1.00 e.